The Hall–Kier alpha value is -2.79. The Kier molecular flexibility index (Phi) is 5.36. The Balaban J connectivity index is 1.75. The first-order valence-corrected chi connectivity index (χ1v) is 8.26. The zero-order valence-corrected chi connectivity index (χ0v) is 14.8. The average Bonchev–Trinajstić information content (AvgIpc) is 2.61. The third-order valence-corrected chi connectivity index (χ3v) is 3.97. The molecular formula is C19H19ClN4O. The number of halogens is 1. The molecule has 0 bridgehead atoms. The molecule has 0 aliphatic carbocycles. The molecule has 0 saturated heterocycles. The summed E-state index contributed by atoms with van der Waals surface area (Å²) in [6, 6.07) is 17.3. The topological polar surface area (TPSA) is 59.1 Å². The van der Waals surface area contributed by atoms with Crippen LogP contribution in [0.4, 0.5) is 17.3 Å². The van der Waals surface area contributed by atoms with E-state index in [-0.39, 0.29) is 0 Å². The van der Waals surface area contributed by atoms with Crippen LogP contribution in [0.1, 0.15) is 11.4 Å². The molecule has 0 amide bonds. The van der Waals surface area contributed by atoms with Crippen LogP contribution in [0.25, 0.3) is 0 Å². The Bertz CT molecular complexity index is 870. The van der Waals surface area contributed by atoms with Crippen molar-refractivity contribution in [3.63, 3.8) is 0 Å². The minimum absolute atomic E-state index is 0.592. The third kappa shape index (κ3) is 4.61. The Morgan fingerprint density at radius 2 is 1.80 bits per heavy atom. The summed E-state index contributed by atoms with van der Waals surface area (Å²) < 4.78 is 5.24. The van der Waals surface area contributed by atoms with Crippen molar-refractivity contribution in [2.24, 2.45) is 0 Å². The number of benzene rings is 2. The SMILES string of the molecule is COc1cccc(Nc2cc(NCc3ccccc3Cl)nc(C)n2)c1. The fraction of sp³-hybridized carbons (Fsp3) is 0.158. The van der Waals surface area contributed by atoms with E-state index < -0.39 is 0 Å². The lowest BCUT2D eigenvalue weighted by Gasteiger charge is -2.11. The van der Waals surface area contributed by atoms with Gasteiger partial charge in [0.2, 0.25) is 0 Å². The van der Waals surface area contributed by atoms with Crippen LogP contribution in [0.2, 0.25) is 5.02 Å². The number of hydrogen-bond donors (Lipinski definition) is 2. The van der Waals surface area contributed by atoms with Gasteiger partial charge in [0.25, 0.3) is 0 Å². The zero-order valence-electron chi connectivity index (χ0n) is 14.1. The van der Waals surface area contributed by atoms with Gasteiger partial charge in [0.15, 0.2) is 0 Å². The molecule has 2 N–H and O–H groups in total. The maximum atomic E-state index is 6.19. The molecule has 1 aromatic heterocycles. The number of methoxy groups -OCH3 is 1. The highest BCUT2D eigenvalue weighted by molar-refractivity contribution is 6.31. The van der Waals surface area contributed by atoms with E-state index in [2.05, 4.69) is 20.6 Å². The summed E-state index contributed by atoms with van der Waals surface area (Å²) in [5.74, 6) is 2.91. The molecule has 5 nitrogen and oxygen atoms in total. The molecule has 0 atom stereocenters. The van der Waals surface area contributed by atoms with Crippen LogP contribution in [-0.2, 0) is 6.54 Å². The largest absolute Gasteiger partial charge is 0.497 e. The second-order valence-electron chi connectivity index (χ2n) is 5.49. The van der Waals surface area contributed by atoms with Gasteiger partial charge < -0.3 is 15.4 Å². The molecule has 0 fully saturated rings. The van der Waals surface area contributed by atoms with E-state index in [1.165, 1.54) is 0 Å². The highest BCUT2D eigenvalue weighted by atomic mass is 35.5. The number of aryl methyl sites for hydroxylation is 1. The molecule has 0 aliphatic heterocycles. The van der Waals surface area contributed by atoms with Gasteiger partial charge in [-0.1, -0.05) is 35.9 Å². The van der Waals surface area contributed by atoms with Crippen molar-refractivity contribution in [1.82, 2.24) is 9.97 Å². The van der Waals surface area contributed by atoms with Crippen LogP contribution in [0, 0.1) is 6.92 Å². The lowest BCUT2D eigenvalue weighted by molar-refractivity contribution is 0.415. The maximum absolute atomic E-state index is 6.19. The van der Waals surface area contributed by atoms with Crippen molar-refractivity contribution >= 4 is 28.9 Å². The predicted molar refractivity (Wildman–Crippen MR) is 102 cm³/mol. The summed E-state index contributed by atoms with van der Waals surface area (Å²) in [5, 5.41) is 7.30. The van der Waals surface area contributed by atoms with E-state index in [4.69, 9.17) is 16.3 Å². The number of hydrogen-bond acceptors (Lipinski definition) is 5. The minimum atomic E-state index is 0.592. The fourth-order valence-electron chi connectivity index (χ4n) is 2.40. The lowest BCUT2D eigenvalue weighted by atomic mass is 10.2. The molecule has 1 heterocycles. The van der Waals surface area contributed by atoms with E-state index in [1.54, 1.807) is 7.11 Å². The monoisotopic (exact) mass is 354 g/mol. The van der Waals surface area contributed by atoms with Gasteiger partial charge in [-0.3, -0.25) is 0 Å². The van der Waals surface area contributed by atoms with E-state index in [0.717, 1.165) is 27.8 Å². The lowest BCUT2D eigenvalue weighted by Crippen LogP contribution is -2.05. The first-order valence-electron chi connectivity index (χ1n) is 7.88. The molecule has 25 heavy (non-hydrogen) atoms. The normalized spacial score (nSPS) is 10.4. The first-order chi connectivity index (χ1) is 12.1. The van der Waals surface area contributed by atoms with Crippen molar-refractivity contribution < 1.29 is 4.74 Å². The molecular weight excluding hydrogens is 336 g/mol. The summed E-state index contributed by atoms with van der Waals surface area (Å²) in [4.78, 5) is 8.85. The number of ether oxygens (including phenoxy) is 1. The van der Waals surface area contributed by atoms with Crippen molar-refractivity contribution in [2.45, 2.75) is 13.5 Å². The van der Waals surface area contributed by atoms with Crippen molar-refractivity contribution in [2.75, 3.05) is 17.7 Å². The molecule has 128 valence electrons. The quantitative estimate of drug-likeness (QED) is 0.665. The van der Waals surface area contributed by atoms with Gasteiger partial charge in [-0.05, 0) is 30.7 Å². The fourth-order valence-corrected chi connectivity index (χ4v) is 2.60. The van der Waals surface area contributed by atoms with Crippen molar-refractivity contribution in [1.29, 1.82) is 0 Å². The minimum Gasteiger partial charge on any atom is -0.497 e. The summed E-state index contributed by atoms with van der Waals surface area (Å²) in [7, 11) is 1.64. The zero-order chi connectivity index (χ0) is 17.6. The smallest absolute Gasteiger partial charge is 0.136 e. The van der Waals surface area contributed by atoms with Crippen LogP contribution in [0.5, 0.6) is 5.75 Å². The summed E-state index contributed by atoms with van der Waals surface area (Å²) >= 11 is 6.19. The predicted octanol–water partition coefficient (Wildman–Crippen LogP) is 4.80. The molecule has 6 heteroatoms. The molecule has 3 aromatic rings. The molecule has 0 radical (unpaired) electrons. The summed E-state index contributed by atoms with van der Waals surface area (Å²) in [5.41, 5.74) is 1.91. The third-order valence-electron chi connectivity index (χ3n) is 3.60. The molecule has 2 aromatic carbocycles. The molecule has 0 unspecified atom stereocenters. The van der Waals surface area contributed by atoms with Crippen LogP contribution >= 0.6 is 11.6 Å². The molecule has 0 spiro atoms. The first kappa shape index (κ1) is 17.0. The maximum Gasteiger partial charge on any atom is 0.136 e. The van der Waals surface area contributed by atoms with Crippen LogP contribution in [0.15, 0.2) is 54.6 Å². The van der Waals surface area contributed by atoms with Gasteiger partial charge in [0, 0.05) is 29.4 Å². The van der Waals surface area contributed by atoms with E-state index in [1.807, 2.05) is 61.5 Å². The second kappa shape index (κ2) is 7.85. The van der Waals surface area contributed by atoms with Gasteiger partial charge in [0.1, 0.15) is 23.2 Å². The Morgan fingerprint density at radius 3 is 2.60 bits per heavy atom. The van der Waals surface area contributed by atoms with Gasteiger partial charge in [0.05, 0.1) is 7.11 Å². The van der Waals surface area contributed by atoms with Crippen LogP contribution in [-0.4, -0.2) is 17.1 Å². The van der Waals surface area contributed by atoms with E-state index in [9.17, 15) is 0 Å². The number of aromatic nitrogens is 2. The number of rotatable bonds is 6. The Labute approximate surface area is 152 Å². The van der Waals surface area contributed by atoms with E-state index >= 15 is 0 Å². The van der Waals surface area contributed by atoms with E-state index in [0.29, 0.717) is 18.2 Å². The number of nitrogens with one attached hydrogen (secondary N) is 2. The van der Waals surface area contributed by atoms with Crippen molar-refractivity contribution in [3.05, 3.63) is 71.0 Å². The standard InChI is InChI=1S/C19H19ClN4O/c1-13-22-18(21-12-14-6-3-4-9-17(14)20)11-19(23-13)24-15-7-5-8-16(10-15)25-2/h3-11H,12H2,1-2H3,(H2,21,22,23,24). The van der Waals surface area contributed by atoms with Gasteiger partial charge in [-0.15, -0.1) is 0 Å². The highest BCUT2D eigenvalue weighted by Crippen LogP contribution is 2.22. The molecule has 0 aliphatic rings. The van der Waals surface area contributed by atoms with Gasteiger partial charge in [-0.25, -0.2) is 9.97 Å². The van der Waals surface area contributed by atoms with Crippen LogP contribution in [0.3, 0.4) is 0 Å². The summed E-state index contributed by atoms with van der Waals surface area (Å²) in [6.45, 7) is 2.45. The van der Waals surface area contributed by atoms with Gasteiger partial charge in [-0.2, -0.15) is 0 Å². The van der Waals surface area contributed by atoms with Crippen LogP contribution < -0.4 is 15.4 Å². The van der Waals surface area contributed by atoms with Crippen molar-refractivity contribution in [3.8, 4) is 5.75 Å². The molecule has 0 saturated carbocycles. The average molecular weight is 355 g/mol. The highest BCUT2D eigenvalue weighted by Gasteiger charge is 2.05. The number of anilines is 3. The van der Waals surface area contributed by atoms with Gasteiger partial charge >= 0.3 is 0 Å². The molecule has 3 rings (SSSR count). The summed E-state index contributed by atoms with van der Waals surface area (Å²) in [6.07, 6.45) is 0. The number of nitrogens with zero attached hydrogens (tertiary/aromatic N) is 2. The second-order valence-corrected chi connectivity index (χ2v) is 5.89. The Morgan fingerprint density at radius 1 is 1.00 bits per heavy atom.